The second-order valence-corrected chi connectivity index (χ2v) is 4.27. The Balaban J connectivity index is 2.52. The number of aliphatic imine (C=N–C) groups is 2. The summed E-state index contributed by atoms with van der Waals surface area (Å²) in [5.41, 5.74) is 8.86. The highest BCUT2D eigenvalue weighted by Crippen LogP contribution is 2.20. The molecule has 1 aliphatic heterocycles. The average molecular weight is 255 g/mol. The van der Waals surface area contributed by atoms with Gasteiger partial charge in [0.05, 0.1) is 5.71 Å². The molecule has 0 fully saturated rings. The summed E-state index contributed by atoms with van der Waals surface area (Å²) in [5, 5.41) is 0. The maximum Gasteiger partial charge on any atom is 0.242 e. The molecule has 0 saturated heterocycles. The first-order valence-corrected chi connectivity index (χ1v) is 6.09. The monoisotopic (exact) mass is 255 g/mol. The van der Waals surface area contributed by atoms with Crippen molar-refractivity contribution in [2.75, 3.05) is 0 Å². The van der Waals surface area contributed by atoms with Crippen molar-refractivity contribution in [3.05, 3.63) is 60.1 Å². The molecule has 4 heteroatoms. The van der Waals surface area contributed by atoms with E-state index in [1.807, 2.05) is 37.3 Å². The molecule has 19 heavy (non-hydrogen) atoms. The molecule has 0 aromatic heterocycles. The van der Waals surface area contributed by atoms with Crippen molar-refractivity contribution in [2.24, 2.45) is 15.7 Å². The molecular formula is C15H17N3O. The average Bonchev–Trinajstić information content (AvgIpc) is 2.40. The lowest BCUT2D eigenvalue weighted by Crippen LogP contribution is -2.32. The summed E-state index contributed by atoms with van der Waals surface area (Å²) in [6.45, 7) is 7.29. The van der Waals surface area contributed by atoms with E-state index in [2.05, 4.69) is 16.6 Å². The van der Waals surface area contributed by atoms with E-state index in [-0.39, 0.29) is 6.10 Å². The van der Waals surface area contributed by atoms with Gasteiger partial charge in [-0.1, -0.05) is 36.9 Å². The van der Waals surface area contributed by atoms with Crippen LogP contribution in [0.5, 0.6) is 0 Å². The lowest BCUT2D eigenvalue weighted by molar-refractivity contribution is 0.268. The van der Waals surface area contributed by atoms with Gasteiger partial charge in [0.15, 0.2) is 0 Å². The van der Waals surface area contributed by atoms with Gasteiger partial charge in [0.2, 0.25) is 5.90 Å². The molecule has 0 radical (unpaired) electrons. The summed E-state index contributed by atoms with van der Waals surface area (Å²) in [4.78, 5) is 8.68. The minimum Gasteiger partial charge on any atom is -0.467 e. The van der Waals surface area contributed by atoms with E-state index >= 15 is 0 Å². The Labute approximate surface area is 113 Å². The minimum atomic E-state index is -0.177. The molecule has 1 aromatic rings. The molecule has 0 spiro atoms. The summed E-state index contributed by atoms with van der Waals surface area (Å²) in [7, 11) is 0. The molecule has 0 amide bonds. The molecule has 1 aliphatic rings. The van der Waals surface area contributed by atoms with Gasteiger partial charge >= 0.3 is 0 Å². The Morgan fingerprint density at radius 3 is 2.68 bits per heavy atom. The van der Waals surface area contributed by atoms with Crippen LogP contribution in [0.15, 0.2) is 64.5 Å². The summed E-state index contributed by atoms with van der Waals surface area (Å²) in [6.07, 6.45) is 1.25. The smallest absolute Gasteiger partial charge is 0.242 e. The highest BCUT2D eigenvalue weighted by molar-refractivity contribution is 6.11. The van der Waals surface area contributed by atoms with Gasteiger partial charge in [-0.05, 0) is 19.4 Å². The van der Waals surface area contributed by atoms with Crippen LogP contribution in [-0.2, 0) is 4.74 Å². The highest BCUT2D eigenvalue weighted by atomic mass is 16.5. The normalized spacial score (nSPS) is 23.6. The SMILES string of the molecule is C=C/N=C1/OC(C)C(c2ccccc2)=N/C1=C(/C)N. The van der Waals surface area contributed by atoms with Crippen LogP contribution in [-0.4, -0.2) is 17.7 Å². The molecule has 0 bridgehead atoms. The topological polar surface area (TPSA) is 60.0 Å². The van der Waals surface area contributed by atoms with Gasteiger partial charge in [0, 0.05) is 11.9 Å². The number of nitrogens with two attached hydrogens (primary N) is 1. The number of ether oxygens (including phenoxy) is 1. The van der Waals surface area contributed by atoms with Gasteiger partial charge < -0.3 is 10.5 Å². The second-order valence-electron chi connectivity index (χ2n) is 4.27. The lowest BCUT2D eigenvalue weighted by atomic mass is 10.0. The maximum absolute atomic E-state index is 5.85. The minimum absolute atomic E-state index is 0.177. The van der Waals surface area contributed by atoms with Crippen molar-refractivity contribution in [3.63, 3.8) is 0 Å². The second kappa shape index (κ2) is 5.52. The van der Waals surface area contributed by atoms with Crippen molar-refractivity contribution in [3.8, 4) is 0 Å². The van der Waals surface area contributed by atoms with E-state index < -0.39 is 0 Å². The highest BCUT2D eigenvalue weighted by Gasteiger charge is 2.25. The Morgan fingerprint density at radius 2 is 2.11 bits per heavy atom. The molecule has 2 N–H and O–H groups in total. The number of nitrogens with zero attached hydrogens (tertiary/aromatic N) is 2. The van der Waals surface area contributed by atoms with Gasteiger partial charge in [-0.3, -0.25) is 0 Å². The van der Waals surface area contributed by atoms with Crippen LogP contribution < -0.4 is 5.73 Å². The summed E-state index contributed by atoms with van der Waals surface area (Å²) >= 11 is 0. The predicted octanol–water partition coefficient (Wildman–Crippen LogP) is 2.63. The Kier molecular flexibility index (Phi) is 3.80. The van der Waals surface area contributed by atoms with Crippen LogP contribution in [0.2, 0.25) is 0 Å². The molecule has 2 rings (SSSR count). The molecule has 1 atom stereocenters. The van der Waals surface area contributed by atoms with E-state index in [4.69, 9.17) is 10.5 Å². The summed E-state index contributed by atoms with van der Waals surface area (Å²) in [6, 6.07) is 9.90. The fourth-order valence-corrected chi connectivity index (χ4v) is 1.88. The fraction of sp³-hybridized carbons (Fsp3) is 0.200. The van der Waals surface area contributed by atoms with E-state index in [0.717, 1.165) is 11.3 Å². The Hall–Kier alpha value is -2.36. The van der Waals surface area contributed by atoms with Gasteiger partial charge in [-0.25, -0.2) is 9.98 Å². The number of rotatable bonds is 2. The standard InChI is InChI=1S/C15H17N3O/c1-4-17-15-13(10(2)16)18-14(11(3)19-15)12-8-6-5-7-9-12/h4-9,11H,1,16H2,2-3H3/b13-10-,17-15+. The van der Waals surface area contributed by atoms with Gasteiger partial charge in [0.1, 0.15) is 11.8 Å². The van der Waals surface area contributed by atoms with Crippen molar-refractivity contribution in [1.82, 2.24) is 0 Å². The van der Waals surface area contributed by atoms with Crippen LogP contribution in [0.1, 0.15) is 19.4 Å². The number of benzene rings is 1. The third-order valence-corrected chi connectivity index (χ3v) is 2.76. The molecule has 1 aromatic carbocycles. The van der Waals surface area contributed by atoms with E-state index in [1.54, 1.807) is 6.92 Å². The van der Waals surface area contributed by atoms with E-state index in [9.17, 15) is 0 Å². The van der Waals surface area contributed by atoms with Crippen LogP contribution in [0.4, 0.5) is 0 Å². The molecule has 0 aliphatic carbocycles. The summed E-state index contributed by atoms with van der Waals surface area (Å²) in [5.74, 6) is 0.419. The first-order valence-electron chi connectivity index (χ1n) is 6.09. The van der Waals surface area contributed by atoms with Crippen LogP contribution in [0.25, 0.3) is 0 Å². The first kappa shape index (κ1) is 13.1. The molecular weight excluding hydrogens is 238 g/mol. The molecule has 1 heterocycles. The zero-order chi connectivity index (χ0) is 13.8. The number of hydrogen-bond donors (Lipinski definition) is 1. The first-order chi connectivity index (χ1) is 9.13. The van der Waals surface area contributed by atoms with E-state index in [1.165, 1.54) is 6.20 Å². The zero-order valence-electron chi connectivity index (χ0n) is 11.1. The summed E-state index contributed by atoms with van der Waals surface area (Å²) < 4.78 is 5.78. The third-order valence-electron chi connectivity index (χ3n) is 2.76. The van der Waals surface area contributed by atoms with Gasteiger partial charge in [-0.2, -0.15) is 0 Å². The predicted molar refractivity (Wildman–Crippen MR) is 78.0 cm³/mol. The van der Waals surface area contributed by atoms with Gasteiger partial charge in [0.25, 0.3) is 0 Å². The number of allylic oxidation sites excluding steroid dienone is 1. The van der Waals surface area contributed by atoms with E-state index in [0.29, 0.717) is 17.3 Å². The molecule has 0 saturated carbocycles. The Bertz CT molecular complexity index is 566. The van der Waals surface area contributed by atoms with Crippen molar-refractivity contribution in [1.29, 1.82) is 0 Å². The largest absolute Gasteiger partial charge is 0.467 e. The fourth-order valence-electron chi connectivity index (χ4n) is 1.88. The maximum atomic E-state index is 5.85. The quantitative estimate of drug-likeness (QED) is 0.883. The third kappa shape index (κ3) is 2.73. The van der Waals surface area contributed by atoms with Crippen molar-refractivity contribution >= 4 is 11.6 Å². The Morgan fingerprint density at radius 1 is 1.42 bits per heavy atom. The van der Waals surface area contributed by atoms with Gasteiger partial charge in [-0.15, -0.1) is 0 Å². The molecule has 1 unspecified atom stereocenters. The van der Waals surface area contributed by atoms with Crippen molar-refractivity contribution < 1.29 is 4.74 Å². The molecule has 98 valence electrons. The van der Waals surface area contributed by atoms with Crippen LogP contribution in [0.3, 0.4) is 0 Å². The molecule has 4 nitrogen and oxygen atoms in total. The van der Waals surface area contributed by atoms with Crippen molar-refractivity contribution in [2.45, 2.75) is 20.0 Å². The van der Waals surface area contributed by atoms with Crippen LogP contribution >= 0.6 is 0 Å². The number of hydrogen-bond acceptors (Lipinski definition) is 4. The lowest BCUT2D eigenvalue weighted by Gasteiger charge is -2.24. The van der Waals surface area contributed by atoms with Crippen LogP contribution in [0, 0.1) is 0 Å². The zero-order valence-corrected chi connectivity index (χ0v) is 11.1.